The van der Waals surface area contributed by atoms with Gasteiger partial charge in [0.05, 0.1) is 18.2 Å². The van der Waals surface area contributed by atoms with Gasteiger partial charge >= 0.3 is 0 Å². The minimum absolute atomic E-state index is 0.628. The van der Waals surface area contributed by atoms with Gasteiger partial charge in [-0.1, -0.05) is 29.8 Å². The summed E-state index contributed by atoms with van der Waals surface area (Å²) in [7, 11) is 0. The number of hydrogen-bond donors (Lipinski definition) is 1. The molecule has 0 fully saturated rings. The third-order valence-corrected chi connectivity index (χ3v) is 3.53. The van der Waals surface area contributed by atoms with Gasteiger partial charge in [-0.25, -0.2) is 0 Å². The summed E-state index contributed by atoms with van der Waals surface area (Å²) in [6, 6.07) is 13.2. The van der Waals surface area contributed by atoms with Gasteiger partial charge in [-0.2, -0.15) is 0 Å². The van der Waals surface area contributed by atoms with Crippen molar-refractivity contribution >= 4 is 17.3 Å². The first-order valence-corrected chi connectivity index (χ1v) is 7.41. The Hall–Kier alpha value is -1.87. The van der Waals surface area contributed by atoms with Gasteiger partial charge in [-0.3, -0.25) is 0 Å². The van der Waals surface area contributed by atoms with E-state index in [4.69, 9.17) is 26.8 Å². The Labute approximate surface area is 130 Å². The number of rotatable bonds is 7. The lowest BCUT2D eigenvalue weighted by atomic mass is 10.2. The average molecular weight is 306 g/mol. The van der Waals surface area contributed by atoms with Gasteiger partial charge in [0, 0.05) is 11.3 Å². The Morgan fingerprint density at radius 3 is 2.24 bits per heavy atom. The largest absolute Gasteiger partial charge is 0.493 e. The van der Waals surface area contributed by atoms with E-state index in [9.17, 15) is 0 Å². The Morgan fingerprint density at radius 2 is 1.52 bits per heavy atom. The van der Waals surface area contributed by atoms with E-state index in [1.54, 1.807) is 0 Å². The van der Waals surface area contributed by atoms with Gasteiger partial charge in [0.15, 0.2) is 0 Å². The summed E-state index contributed by atoms with van der Waals surface area (Å²) in [5, 5.41) is 0.643. The molecule has 112 valence electrons. The predicted octanol–water partition coefficient (Wildman–Crippen LogP) is 4.47. The highest BCUT2D eigenvalue weighted by Crippen LogP contribution is 2.24. The molecule has 2 N–H and O–H groups in total. The summed E-state index contributed by atoms with van der Waals surface area (Å²) in [6.07, 6.45) is 1.82. The molecule has 0 heterocycles. The maximum Gasteiger partial charge on any atom is 0.137 e. The molecule has 0 atom stereocenters. The molecule has 0 aliphatic carbocycles. The molecular weight excluding hydrogens is 286 g/mol. The van der Waals surface area contributed by atoms with E-state index in [0.29, 0.717) is 18.2 Å². The monoisotopic (exact) mass is 305 g/mol. The van der Waals surface area contributed by atoms with Crippen molar-refractivity contribution in [2.45, 2.75) is 19.8 Å². The second-order valence-corrected chi connectivity index (χ2v) is 5.21. The molecule has 4 heteroatoms. The Balaban J connectivity index is 1.67. The molecule has 0 saturated heterocycles. The van der Waals surface area contributed by atoms with E-state index in [1.807, 2.05) is 49.4 Å². The fraction of sp³-hybridized carbons (Fsp3) is 0.294. The van der Waals surface area contributed by atoms with Gasteiger partial charge in [0.1, 0.15) is 11.5 Å². The van der Waals surface area contributed by atoms with Crippen molar-refractivity contribution < 1.29 is 9.47 Å². The van der Waals surface area contributed by atoms with Crippen molar-refractivity contribution in [3.8, 4) is 11.5 Å². The third-order valence-electron chi connectivity index (χ3n) is 3.22. The summed E-state index contributed by atoms with van der Waals surface area (Å²) in [6.45, 7) is 3.24. The molecule has 0 saturated carbocycles. The molecule has 0 unspecified atom stereocenters. The minimum atomic E-state index is 0.628. The average Bonchev–Trinajstić information content (AvgIpc) is 2.48. The quantitative estimate of drug-likeness (QED) is 0.606. The summed E-state index contributed by atoms with van der Waals surface area (Å²) in [4.78, 5) is 0. The van der Waals surface area contributed by atoms with E-state index >= 15 is 0 Å². The van der Waals surface area contributed by atoms with Gasteiger partial charge in [-0.05, 0) is 44.0 Å². The van der Waals surface area contributed by atoms with Crippen LogP contribution in [0.4, 0.5) is 5.69 Å². The number of benzene rings is 2. The van der Waals surface area contributed by atoms with Crippen LogP contribution in [0.25, 0.3) is 0 Å². The highest BCUT2D eigenvalue weighted by Gasteiger charge is 2.02. The van der Waals surface area contributed by atoms with Crippen molar-refractivity contribution in [2.24, 2.45) is 0 Å². The van der Waals surface area contributed by atoms with Gasteiger partial charge in [0.2, 0.25) is 0 Å². The van der Waals surface area contributed by atoms with Crippen LogP contribution in [0.5, 0.6) is 11.5 Å². The van der Waals surface area contributed by atoms with E-state index < -0.39 is 0 Å². The van der Waals surface area contributed by atoms with Crippen LogP contribution in [0.1, 0.15) is 18.4 Å². The molecule has 0 aliphatic rings. The van der Waals surface area contributed by atoms with Gasteiger partial charge in [-0.15, -0.1) is 0 Å². The molecule has 0 aromatic heterocycles. The first-order chi connectivity index (χ1) is 10.2. The van der Waals surface area contributed by atoms with Gasteiger partial charge < -0.3 is 15.2 Å². The molecule has 0 radical (unpaired) electrons. The molecule has 0 aliphatic heterocycles. The zero-order chi connectivity index (χ0) is 15.1. The predicted molar refractivity (Wildman–Crippen MR) is 87.3 cm³/mol. The van der Waals surface area contributed by atoms with Gasteiger partial charge in [0.25, 0.3) is 0 Å². The van der Waals surface area contributed by atoms with Crippen molar-refractivity contribution in [1.82, 2.24) is 0 Å². The van der Waals surface area contributed by atoms with Crippen LogP contribution in [0, 0.1) is 6.92 Å². The number of ether oxygens (including phenoxy) is 2. The number of nitrogens with two attached hydrogens (primary N) is 1. The molecule has 0 bridgehead atoms. The topological polar surface area (TPSA) is 44.5 Å². The highest BCUT2D eigenvalue weighted by atomic mass is 35.5. The van der Waals surface area contributed by atoms with Crippen LogP contribution in [0.15, 0.2) is 42.5 Å². The Morgan fingerprint density at radius 1 is 0.905 bits per heavy atom. The van der Waals surface area contributed by atoms with Crippen LogP contribution in [-0.4, -0.2) is 13.2 Å². The van der Waals surface area contributed by atoms with E-state index in [2.05, 4.69) is 0 Å². The SMILES string of the molecule is Cc1c(N)cccc1OCCCCOc1ccccc1Cl. The van der Waals surface area contributed by atoms with Crippen molar-refractivity contribution in [3.05, 3.63) is 53.1 Å². The van der Waals surface area contributed by atoms with E-state index in [1.165, 1.54) is 0 Å². The number of unbranched alkanes of at least 4 members (excludes halogenated alkanes) is 1. The lowest BCUT2D eigenvalue weighted by Gasteiger charge is -2.11. The van der Waals surface area contributed by atoms with E-state index in [-0.39, 0.29) is 0 Å². The summed E-state index contributed by atoms with van der Waals surface area (Å²) >= 11 is 6.02. The number of nitrogen functional groups attached to an aromatic ring is 1. The summed E-state index contributed by atoms with van der Waals surface area (Å²) < 4.78 is 11.4. The summed E-state index contributed by atoms with van der Waals surface area (Å²) in [5.41, 5.74) is 7.59. The molecule has 21 heavy (non-hydrogen) atoms. The smallest absolute Gasteiger partial charge is 0.137 e. The van der Waals surface area contributed by atoms with Crippen LogP contribution in [0.2, 0.25) is 5.02 Å². The third kappa shape index (κ3) is 4.57. The number of anilines is 1. The first-order valence-electron chi connectivity index (χ1n) is 7.03. The fourth-order valence-electron chi connectivity index (χ4n) is 1.92. The first kappa shape index (κ1) is 15.5. The maximum absolute atomic E-state index is 6.02. The summed E-state index contributed by atoms with van der Waals surface area (Å²) in [5.74, 6) is 1.58. The van der Waals surface area contributed by atoms with Crippen molar-refractivity contribution in [2.75, 3.05) is 18.9 Å². The zero-order valence-corrected chi connectivity index (χ0v) is 12.9. The zero-order valence-electron chi connectivity index (χ0n) is 12.1. The fourth-order valence-corrected chi connectivity index (χ4v) is 2.11. The normalized spacial score (nSPS) is 10.4. The highest BCUT2D eigenvalue weighted by molar-refractivity contribution is 6.32. The number of halogens is 1. The molecule has 2 rings (SSSR count). The number of para-hydroxylation sites is 1. The van der Waals surface area contributed by atoms with Crippen LogP contribution >= 0.6 is 11.6 Å². The standard InChI is InChI=1S/C17H20ClNO2/c1-13-15(19)8-6-10-16(13)20-11-4-5-12-21-17-9-3-2-7-14(17)18/h2-3,6-10H,4-5,11-12,19H2,1H3. The van der Waals surface area contributed by atoms with Crippen molar-refractivity contribution in [1.29, 1.82) is 0 Å². The van der Waals surface area contributed by atoms with Crippen LogP contribution < -0.4 is 15.2 Å². The number of hydrogen-bond acceptors (Lipinski definition) is 3. The lowest BCUT2D eigenvalue weighted by Crippen LogP contribution is -2.04. The lowest BCUT2D eigenvalue weighted by molar-refractivity contribution is 0.266. The van der Waals surface area contributed by atoms with Crippen LogP contribution in [0.3, 0.4) is 0 Å². The second-order valence-electron chi connectivity index (χ2n) is 4.80. The molecule has 2 aromatic rings. The van der Waals surface area contributed by atoms with Crippen LogP contribution in [-0.2, 0) is 0 Å². The second kappa shape index (κ2) is 7.79. The van der Waals surface area contributed by atoms with Crippen molar-refractivity contribution in [3.63, 3.8) is 0 Å². The Bertz CT molecular complexity index is 587. The van der Waals surface area contributed by atoms with E-state index in [0.717, 1.165) is 35.6 Å². The molecule has 0 amide bonds. The maximum atomic E-state index is 6.02. The minimum Gasteiger partial charge on any atom is -0.493 e. The molecule has 0 spiro atoms. The molecule has 2 aromatic carbocycles. The Kier molecular flexibility index (Phi) is 5.76. The molecule has 3 nitrogen and oxygen atoms in total. The molecular formula is C17H20ClNO2.